The van der Waals surface area contributed by atoms with E-state index in [1.807, 2.05) is 0 Å². The van der Waals surface area contributed by atoms with E-state index in [9.17, 15) is 4.79 Å². The molecule has 5 heteroatoms. The van der Waals surface area contributed by atoms with Crippen molar-refractivity contribution in [1.29, 1.82) is 0 Å². The van der Waals surface area contributed by atoms with Crippen LogP contribution in [0.3, 0.4) is 0 Å². The fourth-order valence-electron chi connectivity index (χ4n) is 1.96. The molecule has 4 unspecified atom stereocenters. The molecule has 0 saturated carbocycles. The number of carboxylic acids is 1. The SMILES string of the molecule is CC1NNC2NC(C(=O)O)CC12. The van der Waals surface area contributed by atoms with Gasteiger partial charge in [-0.2, -0.15) is 0 Å². The lowest BCUT2D eigenvalue weighted by molar-refractivity contribution is -0.139. The minimum atomic E-state index is -0.751. The first-order valence-electron chi connectivity index (χ1n) is 4.18. The summed E-state index contributed by atoms with van der Waals surface area (Å²) < 4.78 is 0. The van der Waals surface area contributed by atoms with Crippen molar-refractivity contribution in [3.05, 3.63) is 0 Å². The first-order valence-corrected chi connectivity index (χ1v) is 4.18. The summed E-state index contributed by atoms with van der Waals surface area (Å²) >= 11 is 0. The molecule has 0 aromatic carbocycles. The smallest absolute Gasteiger partial charge is 0.320 e. The van der Waals surface area contributed by atoms with Crippen molar-refractivity contribution in [3.63, 3.8) is 0 Å². The Labute approximate surface area is 70.5 Å². The van der Waals surface area contributed by atoms with Gasteiger partial charge in [0.1, 0.15) is 6.04 Å². The Kier molecular flexibility index (Phi) is 1.79. The highest BCUT2D eigenvalue weighted by Gasteiger charge is 2.43. The predicted molar refractivity (Wildman–Crippen MR) is 42.2 cm³/mol. The topological polar surface area (TPSA) is 73.4 Å². The third kappa shape index (κ3) is 1.10. The van der Waals surface area contributed by atoms with Crippen molar-refractivity contribution in [3.8, 4) is 0 Å². The van der Waals surface area contributed by atoms with Crippen molar-refractivity contribution in [2.24, 2.45) is 5.92 Å². The summed E-state index contributed by atoms with van der Waals surface area (Å²) in [5, 5.41) is 11.8. The fourth-order valence-corrected chi connectivity index (χ4v) is 1.96. The van der Waals surface area contributed by atoms with E-state index < -0.39 is 5.97 Å². The second-order valence-corrected chi connectivity index (χ2v) is 3.51. The lowest BCUT2D eigenvalue weighted by Crippen LogP contribution is -2.45. The molecule has 2 saturated heterocycles. The minimum Gasteiger partial charge on any atom is -0.480 e. The maximum Gasteiger partial charge on any atom is 0.320 e. The molecule has 0 radical (unpaired) electrons. The number of hydrazine groups is 1. The summed E-state index contributed by atoms with van der Waals surface area (Å²) in [6.07, 6.45) is 0.836. The van der Waals surface area contributed by atoms with Crippen LogP contribution < -0.4 is 16.2 Å². The van der Waals surface area contributed by atoms with Gasteiger partial charge in [-0.1, -0.05) is 0 Å². The summed E-state index contributed by atoms with van der Waals surface area (Å²) in [6, 6.07) is -0.0242. The standard InChI is InChI=1S/C7H13N3O2/c1-3-4-2-5(7(11)12)8-6(4)10-9-3/h3-6,8-10H,2H2,1H3,(H,11,12). The molecule has 0 spiro atoms. The first-order chi connectivity index (χ1) is 5.68. The molecule has 0 aliphatic carbocycles. The molecule has 0 aromatic heterocycles. The Balaban J connectivity index is 2.03. The molecular formula is C7H13N3O2. The van der Waals surface area contributed by atoms with Crippen molar-refractivity contribution in [1.82, 2.24) is 16.2 Å². The van der Waals surface area contributed by atoms with Crippen LogP contribution in [-0.2, 0) is 4.79 Å². The molecule has 0 amide bonds. The van der Waals surface area contributed by atoms with Gasteiger partial charge in [0, 0.05) is 12.0 Å². The monoisotopic (exact) mass is 171 g/mol. The van der Waals surface area contributed by atoms with E-state index in [2.05, 4.69) is 23.1 Å². The third-order valence-corrected chi connectivity index (χ3v) is 2.72. The molecule has 4 atom stereocenters. The lowest BCUT2D eigenvalue weighted by atomic mass is 9.98. The van der Waals surface area contributed by atoms with Crippen LogP contribution in [0.15, 0.2) is 0 Å². The molecule has 2 heterocycles. The number of aliphatic carboxylic acids is 1. The summed E-state index contributed by atoms with van der Waals surface area (Å²) in [5.74, 6) is -0.357. The Morgan fingerprint density at radius 1 is 1.50 bits per heavy atom. The van der Waals surface area contributed by atoms with E-state index in [0.717, 1.165) is 0 Å². The van der Waals surface area contributed by atoms with Gasteiger partial charge < -0.3 is 5.11 Å². The van der Waals surface area contributed by atoms with Crippen LogP contribution in [0, 0.1) is 5.92 Å². The van der Waals surface area contributed by atoms with Gasteiger partial charge in [0.05, 0.1) is 6.17 Å². The average molecular weight is 171 g/mol. The van der Waals surface area contributed by atoms with Gasteiger partial charge in [0.15, 0.2) is 0 Å². The zero-order chi connectivity index (χ0) is 8.72. The van der Waals surface area contributed by atoms with Gasteiger partial charge in [-0.05, 0) is 13.3 Å². The quantitative estimate of drug-likeness (QED) is 0.402. The largest absolute Gasteiger partial charge is 0.480 e. The normalized spacial score (nSPS) is 46.1. The van der Waals surface area contributed by atoms with Gasteiger partial charge in [-0.25, -0.2) is 5.43 Å². The zero-order valence-electron chi connectivity index (χ0n) is 6.87. The second kappa shape index (κ2) is 2.69. The Morgan fingerprint density at radius 3 is 2.83 bits per heavy atom. The van der Waals surface area contributed by atoms with Gasteiger partial charge in [-0.15, -0.1) is 0 Å². The summed E-state index contributed by atoms with van der Waals surface area (Å²) in [4.78, 5) is 10.6. The van der Waals surface area contributed by atoms with Gasteiger partial charge in [-0.3, -0.25) is 15.5 Å². The summed E-state index contributed by atoms with van der Waals surface area (Å²) in [6.45, 7) is 2.06. The maximum atomic E-state index is 10.6. The number of fused-ring (bicyclic) bond motifs is 1. The average Bonchev–Trinajstić information content (AvgIpc) is 2.53. The van der Waals surface area contributed by atoms with Crippen LogP contribution in [0.5, 0.6) is 0 Å². The lowest BCUT2D eigenvalue weighted by Gasteiger charge is -2.09. The van der Waals surface area contributed by atoms with Gasteiger partial charge in [0.2, 0.25) is 0 Å². The van der Waals surface area contributed by atoms with Crippen LogP contribution in [-0.4, -0.2) is 29.3 Å². The van der Waals surface area contributed by atoms with Crippen LogP contribution in [0.1, 0.15) is 13.3 Å². The van der Waals surface area contributed by atoms with Gasteiger partial charge in [0.25, 0.3) is 0 Å². The van der Waals surface area contributed by atoms with Crippen LogP contribution >= 0.6 is 0 Å². The number of hydrogen-bond donors (Lipinski definition) is 4. The van der Waals surface area contributed by atoms with Crippen molar-refractivity contribution in [2.75, 3.05) is 0 Å². The molecule has 2 aliphatic rings. The van der Waals surface area contributed by atoms with E-state index in [-0.39, 0.29) is 12.2 Å². The highest BCUT2D eigenvalue weighted by Crippen LogP contribution is 2.25. The summed E-state index contributed by atoms with van der Waals surface area (Å²) in [7, 11) is 0. The second-order valence-electron chi connectivity index (χ2n) is 3.51. The zero-order valence-corrected chi connectivity index (χ0v) is 6.87. The van der Waals surface area contributed by atoms with Crippen LogP contribution in [0.4, 0.5) is 0 Å². The first kappa shape index (κ1) is 7.97. The summed E-state index contributed by atoms with van der Waals surface area (Å²) in [5.41, 5.74) is 6.10. The highest BCUT2D eigenvalue weighted by atomic mass is 16.4. The van der Waals surface area contributed by atoms with Crippen molar-refractivity contribution < 1.29 is 9.90 Å². The molecule has 0 bridgehead atoms. The number of rotatable bonds is 1. The molecule has 4 N–H and O–H groups in total. The van der Waals surface area contributed by atoms with Crippen LogP contribution in [0.2, 0.25) is 0 Å². The fraction of sp³-hybridized carbons (Fsp3) is 0.857. The van der Waals surface area contributed by atoms with Crippen molar-refractivity contribution in [2.45, 2.75) is 31.6 Å². The Bertz CT molecular complexity index is 209. The van der Waals surface area contributed by atoms with Crippen LogP contribution in [0.25, 0.3) is 0 Å². The molecular weight excluding hydrogens is 158 g/mol. The molecule has 68 valence electrons. The highest BCUT2D eigenvalue weighted by molar-refractivity contribution is 5.74. The van der Waals surface area contributed by atoms with E-state index in [1.54, 1.807) is 0 Å². The van der Waals surface area contributed by atoms with Crippen molar-refractivity contribution >= 4 is 5.97 Å². The molecule has 0 aromatic rings. The van der Waals surface area contributed by atoms with Gasteiger partial charge >= 0.3 is 5.97 Å². The number of nitrogens with one attached hydrogen (secondary N) is 3. The predicted octanol–water partition coefficient (Wildman–Crippen LogP) is -1.13. The van der Waals surface area contributed by atoms with E-state index in [4.69, 9.17) is 5.11 Å². The van der Waals surface area contributed by atoms with E-state index in [0.29, 0.717) is 18.4 Å². The minimum absolute atomic E-state index is 0.126. The molecule has 2 fully saturated rings. The van der Waals surface area contributed by atoms with E-state index in [1.165, 1.54) is 0 Å². The van der Waals surface area contributed by atoms with E-state index >= 15 is 0 Å². The molecule has 2 aliphatic heterocycles. The molecule has 5 nitrogen and oxygen atoms in total. The maximum absolute atomic E-state index is 10.6. The number of carboxylic acid groups (broad SMARTS) is 1. The third-order valence-electron chi connectivity index (χ3n) is 2.72. The Morgan fingerprint density at radius 2 is 2.25 bits per heavy atom. The number of hydrogen-bond acceptors (Lipinski definition) is 4. The molecule has 12 heavy (non-hydrogen) atoms. The molecule has 2 rings (SSSR count). The number of carbonyl (C=O) groups is 1. The Hall–Kier alpha value is -0.650.